The summed E-state index contributed by atoms with van der Waals surface area (Å²) in [7, 11) is 0. The number of aromatic amines is 2. The lowest BCUT2D eigenvalue weighted by atomic mass is 10.1. The molecule has 6 heteroatoms. The van der Waals surface area contributed by atoms with Gasteiger partial charge in [-0.1, -0.05) is 18.2 Å². The van der Waals surface area contributed by atoms with Crippen LogP contribution in [-0.2, 0) is 0 Å². The van der Waals surface area contributed by atoms with Gasteiger partial charge >= 0.3 is 0 Å². The zero-order valence-electron chi connectivity index (χ0n) is 10.1. The molecule has 18 heavy (non-hydrogen) atoms. The van der Waals surface area contributed by atoms with Crippen LogP contribution in [-0.4, -0.2) is 30.6 Å². The Balaban J connectivity index is 2.09. The van der Waals surface area contributed by atoms with Crippen LogP contribution in [0.4, 0.5) is 0 Å². The van der Waals surface area contributed by atoms with E-state index in [1.807, 2.05) is 38.1 Å². The van der Waals surface area contributed by atoms with Crippen molar-refractivity contribution in [2.75, 3.05) is 0 Å². The summed E-state index contributed by atoms with van der Waals surface area (Å²) in [6.07, 6.45) is 0. The van der Waals surface area contributed by atoms with E-state index >= 15 is 0 Å². The summed E-state index contributed by atoms with van der Waals surface area (Å²) in [5.41, 5.74) is 3.97. The Labute approximate surface area is 103 Å². The van der Waals surface area contributed by atoms with Crippen LogP contribution in [0.3, 0.4) is 0 Å². The normalized spacial score (nSPS) is 10.8. The second kappa shape index (κ2) is 4.06. The molecule has 90 valence electrons. The highest BCUT2D eigenvalue weighted by Gasteiger charge is 2.09. The topological polar surface area (TPSA) is 83.1 Å². The fourth-order valence-corrected chi connectivity index (χ4v) is 1.98. The summed E-state index contributed by atoms with van der Waals surface area (Å²) in [6.45, 7) is 3.95. The first-order valence-corrected chi connectivity index (χ1v) is 5.61. The van der Waals surface area contributed by atoms with Gasteiger partial charge in [0.25, 0.3) is 0 Å². The minimum Gasteiger partial charge on any atom is -0.346 e. The summed E-state index contributed by atoms with van der Waals surface area (Å²) in [5, 5.41) is 14.0. The van der Waals surface area contributed by atoms with Crippen LogP contribution in [0.15, 0.2) is 24.3 Å². The average Bonchev–Trinajstić information content (AvgIpc) is 2.99. The molecule has 2 heterocycles. The molecule has 0 amide bonds. The van der Waals surface area contributed by atoms with Gasteiger partial charge in [0.15, 0.2) is 0 Å². The molecule has 0 unspecified atom stereocenters. The molecule has 0 atom stereocenters. The average molecular weight is 240 g/mol. The minimum absolute atomic E-state index is 0.585. The molecule has 2 aromatic heterocycles. The SMILES string of the molecule is Cc1nc(-c2cccc(-c3nn[nH]n3)c2)c(C)[nH]1. The summed E-state index contributed by atoms with van der Waals surface area (Å²) in [5.74, 6) is 1.49. The van der Waals surface area contributed by atoms with Gasteiger partial charge in [-0.2, -0.15) is 5.21 Å². The van der Waals surface area contributed by atoms with E-state index in [2.05, 4.69) is 30.6 Å². The highest BCUT2D eigenvalue weighted by Crippen LogP contribution is 2.25. The smallest absolute Gasteiger partial charge is 0.204 e. The Morgan fingerprint density at radius 3 is 2.61 bits per heavy atom. The molecule has 0 saturated carbocycles. The van der Waals surface area contributed by atoms with Crippen molar-refractivity contribution in [2.45, 2.75) is 13.8 Å². The molecule has 0 spiro atoms. The number of H-pyrrole nitrogens is 2. The predicted molar refractivity (Wildman–Crippen MR) is 66.7 cm³/mol. The highest BCUT2D eigenvalue weighted by molar-refractivity contribution is 5.69. The molecular formula is C12H12N6. The van der Waals surface area contributed by atoms with Crippen molar-refractivity contribution >= 4 is 0 Å². The van der Waals surface area contributed by atoms with E-state index in [1.54, 1.807) is 0 Å². The van der Waals surface area contributed by atoms with Crippen molar-refractivity contribution in [3.63, 3.8) is 0 Å². The molecule has 2 N–H and O–H groups in total. The van der Waals surface area contributed by atoms with Crippen LogP contribution in [0.5, 0.6) is 0 Å². The van der Waals surface area contributed by atoms with Gasteiger partial charge in [-0.15, -0.1) is 10.2 Å². The van der Waals surface area contributed by atoms with Gasteiger partial charge in [-0.3, -0.25) is 0 Å². The van der Waals surface area contributed by atoms with Crippen molar-refractivity contribution in [2.24, 2.45) is 0 Å². The Kier molecular flexibility index (Phi) is 2.40. The minimum atomic E-state index is 0.585. The third-order valence-corrected chi connectivity index (χ3v) is 2.74. The van der Waals surface area contributed by atoms with E-state index in [9.17, 15) is 0 Å². The first kappa shape index (κ1) is 10.6. The summed E-state index contributed by atoms with van der Waals surface area (Å²) >= 11 is 0. The third-order valence-electron chi connectivity index (χ3n) is 2.74. The molecule has 0 saturated heterocycles. The maximum atomic E-state index is 4.48. The standard InChI is InChI=1S/C12H12N6/c1-7-11(14-8(2)13-7)9-4-3-5-10(6-9)12-15-17-18-16-12/h3-6H,1-2H3,(H,13,14)(H,15,16,17,18). The van der Waals surface area contributed by atoms with E-state index in [-0.39, 0.29) is 0 Å². The first-order chi connectivity index (χ1) is 8.74. The Bertz CT molecular complexity index is 668. The number of rotatable bonds is 2. The van der Waals surface area contributed by atoms with Gasteiger partial charge in [-0.05, 0) is 25.1 Å². The van der Waals surface area contributed by atoms with E-state index in [4.69, 9.17) is 0 Å². The predicted octanol–water partition coefficient (Wildman–Crippen LogP) is 1.87. The number of nitrogens with one attached hydrogen (secondary N) is 2. The van der Waals surface area contributed by atoms with Crippen LogP contribution in [0.1, 0.15) is 11.5 Å². The van der Waals surface area contributed by atoms with E-state index < -0.39 is 0 Å². The molecule has 3 rings (SSSR count). The summed E-state index contributed by atoms with van der Waals surface area (Å²) in [6, 6.07) is 7.94. The lowest BCUT2D eigenvalue weighted by molar-refractivity contribution is 0.881. The number of hydrogen-bond donors (Lipinski definition) is 2. The molecule has 0 aliphatic heterocycles. The number of aryl methyl sites for hydroxylation is 2. The maximum absolute atomic E-state index is 4.48. The van der Waals surface area contributed by atoms with Gasteiger partial charge < -0.3 is 4.98 Å². The third kappa shape index (κ3) is 1.77. The fourth-order valence-electron chi connectivity index (χ4n) is 1.98. The molecule has 0 radical (unpaired) electrons. The Hall–Kier alpha value is -2.50. The maximum Gasteiger partial charge on any atom is 0.204 e. The monoisotopic (exact) mass is 240 g/mol. The van der Waals surface area contributed by atoms with E-state index in [0.29, 0.717) is 5.82 Å². The summed E-state index contributed by atoms with van der Waals surface area (Å²) < 4.78 is 0. The lowest BCUT2D eigenvalue weighted by Crippen LogP contribution is -1.85. The lowest BCUT2D eigenvalue weighted by Gasteiger charge is -2.00. The highest BCUT2D eigenvalue weighted by atomic mass is 15.5. The number of benzene rings is 1. The fraction of sp³-hybridized carbons (Fsp3) is 0.167. The summed E-state index contributed by atoms with van der Waals surface area (Å²) in [4.78, 5) is 7.68. The molecule has 6 nitrogen and oxygen atoms in total. The van der Waals surface area contributed by atoms with Crippen LogP contribution in [0.25, 0.3) is 22.6 Å². The van der Waals surface area contributed by atoms with Crippen molar-refractivity contribution in [1.29, 1.82) is 0 Å². The zero-order valence-corrected chi connectivity index (χ0v) is 10.1. The number of nitrogens with zero attached hydrogens (tertiary/aromatic N) is 4. The molecule has 0 aliphatic carbocycles. The number of hydrogen-bond acceptors (Lipinski definition) is 4. The van der Waals surface area contributed by atoms with Crippen LogP contribution in [0, 0.1) is 13.8 Å². The van der Waals surface area contributed by atoms with Crippen LogP contribution >= 0.6 is 0 Å². The number of aromatic nitrogens is 6. The molecule has 0 fully saturated rings. The number of tetrazole rings is 1. The van der Waals surface area contributed by atoms with Crippen molar-refractivity contribution in [1.82, 2.24) is 30.6 Å². The van der Waals surface area contributed by atoms with E-state index in [0.717, 1.165) is 28.3 Å². The van der Waals surface area contributed by atoms with Crippen molar-refractivity contribution in [3.05, 3.63) is 35.8 Å². The molecule has 0 aliphatic rings. The van der Waals surface area contributed by atoms with Gasteiger partial charge in [0.2, 0.25) is 5.82 Å². The molecule has 0 bridgehead atoms. The van der Waals surface area contributed by atoms with Gasteiger partial charge in [0.1, 0.15) is 5.82 Å². The largest absolute Gasteiger partial charge is 0.346 e. The van der Waals surface area contributed by atoms with E-state index in [1.165, 1.54) is 0 Å². The second-order valence-corrected chi connectivity index (χ2v) is 4.11. The van der Waals surface area contributed by atoms with Gasteiger partial charge in [0.05, 0.1) is 5.69 Å². The first-order valence-electron chi connectivity index (χ1n) is 5.61. The molecular weight excluding hydrogens is 228 g/mol. The number of imidazole rings is 1. The van der Waals surface area contributed by atoms with Crippen LogP contribution < -0.4 is 0 Å². The van der Waals surface area contributed by atoms with Crippen LogP contribution in [0.2, 0.25) is 0 Å². The quantitative estimate of drug-likeness (QED) is 0.716. The Morgan fingerprint density at radius 2 is 1.94 bits per heavy atom. The second-order valence-electron chi connectivity index (χ2n) is 4.11. The van der Waals surface area contributed by atoms with Gasteiger partial charge in [-0.25, -0.2) is 4.98 Å². The van der Waals surface area contributed by atoms with Gasteiger partial charge in [0, 0.05) is 16.8 Å². The van der Waals surface area contributed by atoms with Crippen molar-refractivity contribution < 1.29 is 0 Å². The molecule has 1 aromatic carbocycles. The Morgan fingerprint density at radius 1 is 1.11 bits per heavy atom. The molecule has 3 aromatic rings. The zero-order chi connectivity index (χ0) is 12.5. The van der Waals surface area contributed by atoms with Crippen molar-refractivity contribution in [3.8, 4) is 22.6 Å².